The van der Waals surface area contributed by atoms with Crippen molar-refractivity contribution < 1.29 is 5.11 Å². The van der Waals surface area contributed by atoms with Crippen LogP contribution in [-0.4, -0.2) is 5.11 Å². The lowest BCUT2D eigenvalue weighted by molar-refractivity contribution is 0.475. The number of aromatic hydroxyl groups is 1. The second-order valence-corrected chi connectivity index (χ2v) is 4.40. The Kier molecular flexibility index (Phi) is 3.77. The average Bonchev–Trinajstić information content (AvgIpc) is 2.31. The van der Waals surface area contributed by atoms with Crippen molar-refractivity contribution in [1.29, 1.82) is 0 Å². The van der Waals surface area contributed by atoms with Gasteiger partial charge in [0.1, 0.15) is 5.75 Å². The Labute approximate surface area is 110 Å². The van der Waals surface area contributed by atoms with Gasteiger partial charge in [0.05, 0.1) is 10.0 Å². The van der Waals surface area contributed by atoms with Gasteiger partial charge < -0.3 is 10.4 Å². The summed E-state index contributed by atoms with van der Waals surface area (Å²) in [5, 5.41) is 13.6. The van der Waals surface area contributed by atoms with Gasteiger partial charge in [0.25, 0.3) is 0 Å². The maximum atomic E-state index is 9.32. The molecule has 0 unspecified atom stereocenters. The van der Waals surface area contributed by atoms with Crippen LogP contribution in [0.15, 0.2) is 42.5 Å². The molecule has 4 heteroatoms. The van der Waals surface area contributed by atoms with Gasteiger partial charge in [-0.15, -0.1) is 0 Å². The first kappa shape index (κ1) is 12.1. The first-order chi connectivity index (χ1) is 8.16. The van der Waals surface area contributed by atoms with Crippen molar-refractivity contribution >= 4 is 28.9 Å². The molecule has 0 aromatic heterocycles. The Morgan fingerprint density at radius 1 is 1.06 bits per heavy atom. The molecule has 0 saturated heterocycles. The van der Waals surface area contributed by atoms with Crippen LogP contribution in [0.3, 0.4) is 0 Å². The summed E-state index contributed by atoms with van der Waals surface area (Å²) in [5.41, 5.74) is 1.75. The number of phenolic OH excluding ortho intramolecular Hbond substituents is 1. The van der Waals surface area contributed by atoms with Crippen LogP contribution >= 0.6 is 23.2 Å². The van der Waals surface area contributed by atoms with E-state index < -0.39 is 0 Å². The summed E-state index contributed by atoms with van der Waals surface area (Å²) in [7, 11) is 0. The lowest BCUT2D eigenvalue weighted by Crippen LogP contribution is -1.99. The molecule has 0 aliphatic rings. The van der Waals surface area contributed by atoms with Crippen LogP contribution < -0.4 is 5.32 Å². The van der Waals surface area contributed by atoms with Gasteiger partial charge in [-0.05, 0) is 23.8 Å². The molecule has 2 N–H and O–H groups in total. The summed E-state index contributed by atoms with van der Waals surface area (Å²) in [6, 6.07) is 12.4. The molecule has 0 atom stereocenters. The third-order valence-electron chi connectivity index (χ3n) is 2.36. The molecule has 0 spiro atoms. The summed E-state index contributed by atoms with van der Waals surface area (Å²) in [5.74, 6) is 0.229. The first-order valence-corrected chi connectivity index (χ1v) is 5.88. The summed E-state index contributed by atoms with van der Waals surface area (Å²) < 4.78 is 0. The van der Waals surface area contributed by atoms with Crippen molar-refractivity contribution in [3.8, 4) is 5.75 Å². The van der Waals surface area contributed by atoms with Crippen LogP contribution in [-0.2, 0) is 6.54 Å². The monoisotopic (exact) mass is 267 g/mol. The van der Waals surface area contributed by atoms with Crippen molar-refractivity contribution in [3.63, 3.8) is 0 Å². The largest absolute Gasteiger partial charge is 0.508 e. The van der Waals surface area contributed by atoms with Gasteiger partial charge in [-0.3, -0.25) is 0 Å². The molecular weight excluding hydrogens is 257 g/mol. The molecule has 0 saturated carbocycles. The van der Waals surface area contributed by atoms with E-state index in [1.807, 2.05) is 18.2 Å². The molecule has 2 aromatic carbocycles. The SMILES string of the molecule is Oc1cccc(NCc2cccc(Cl)c2Cl)c1. The van der Waals surface area contributed by atoms with Gasteiger partial charge in [-0.1, -0.05) is 41.4 Å². The highest BCUT2D eigenvalue weighted by Crippen LogP contribution is 2.26. The Bertz CT molecular complexity index is 529. The number of phenols is 1. The minimum Gasteiger partial charge on any atom is -0.508 e. The molecule has 17 heavy (non-hydrogen) atoms. The highest BCUT2D eigenvalue weighted by molar-refractivity contribution is 6.42. The second kappa shape index (κ2) is 5.30. The Morgan fingerprint density at radius 3 is 2.59 bits per heavy atom. The molecule has 2 nitrogen and oxygen atoms in total. The van der Waals surface area contributed by atoms with Crippen molar-refractivity contribution in [2.75, 3.05) is 5.32 Å². The maximum absolute atomic E-state index is 9.32. The van der Waals surface area contributed by atoms with E-state index in [9.17, 15) is 5.11 Å². The van der Waals surface area contributed by atoms with Gasteiger partial charge in [-0.25, -0.2) is 0 Å². The molecule has 88 valence electrons. The second-order valence-electron chi connectivity index (χ2n) is 3.62. The highest BCUT2D eigenvalue weighted by atomic mass is 35.5. The molecular formula is C13H11Cl2NO. The Hall–Kier alpha value is -1.38. The summed E-state index contributed by atoms with van der Waals surface area (Å²) in [6.45, 7) is 0.558. The number of hydrogen-bond acceptors (Lipinski definition) is 2. The van der Waals surface area contributed by atoms with Crippen molar-refractivity contribution in [2.24, 2.45) is 0 Å². The van der Waals surface area contributed by atoms with Crippen LogP contribution in [0.4, 0.5) is 5.69 Å². The van der Waals surface area contributed by atoms with Crippen molar-refractivity contribution in [3.05, 3.63) is 58.1 Å². The number of rotatable bonds is 3. The lowest BCUT2D eigenvalue weighted by atomic mass is 10.2. The zero-order valence-corrected chi connectivity index (χ0v) is 10.5. The van der Waals surface area contributed by atoms with Crippen LogP contribution in [0, 0.1) is 0 Å². The van der Waals surface area contributed by atoms with E-state index >= 15 is 0 Å². The first-order valence-electron chi connectivity index (χ1n) is 5.12. The fourth-order valence-corrected chi connectivity index (χ4v) is 1.89. The number of nitrogens with one attached hydrogen (secondary N) is 1. The molecule has 0 radical (unpaired) electrons. The van der Waals surface area contributed by atoms with Gasteiger partial charge >= 0.3 is 0 Å². The molecule has 2 aromatic rings. The van der Waals surface area contributed by atoms with Crippen LogP contribution in [0.1, 0.15) is 5.56 Å². The van der Waals surface area contributed by atoms with Gasteiger partial charge in [0.2, 0.25) is 0 Å². The molecule has 0 fully saturated rings. The average molecular weight is 268 g/mol. The maximum Gasteiger partial charge on any atom is 0.117 e. The molecule has 0 amide bonds. The highest BCUT2D eigenvalue weighted by Gasteiger charge is 2.03. The van der Waals surface area contributed by atoms with Crippen molar-refractivity contribution in [1.82, 2.24) is 0 Å². The standard InChI is InChI=1S/C13H11Cl2NO/c14-12-6-1-3-9(13(12)15)8-16-10-4-2-5-11(17)7-10/h1-7,16-17H,8H2. The van der Waals surface area contributed by atoms with E-state index in [1.54, 1.807) is 24.3 Å². The van der Waals surface area contributed by atoms with E-state index in [-0.39, 0.29) is 5.75 Å². The summed E-state index contributed by atoms with van der Waals surface area (Å²) in [6.07, 6.45) is 0. The van der Waals surface area contributed by atoms with Crippen LogP contribution in [0.5, 0.6) is 5.75 Å². The number of hydrogen-bond donors (Lipinski definition) is 2. The smallest absolute Gasteiger partial charge is 0.117 e. The minimum atomic E-state index is 0.229. The summed E-state index contributed by atoms with van der Waals surface area (Å²) >= 11 is 12.0. The van der Waals surface area contributed by atoms with Crippen LogP contribution in [0.25, 0.3) is 0 Å². The number of benzene rings is 2. The third kappa shape index (κ3) is 3.05. The number of anilines is 1. The zero-order chi connectivity index (χ0) is 12.3. The fraction of sp³-hybridized carbons (Fsp3) is 0.0769. The minimum absolute atomic E-state index is 0.229. The molecule has 0 bridgehead atoms. The predicted octanol–water partition coefficient (Wildman–Crippen LogP) is 4.31. The van der Waals surface area contributed by atoms with Gasteiger partial charge in [-0.2, -0.15) is 0 Å². The predicted molar refractivity (Wildman–Crippen MR) is 71.9 cm³/mol. The third-order valence-corrected chi connectivity index (χ3v) is 3.22. The fourth-order valence-electron chi connectivity index (χ4n) is 1.50. The van der Waals surface area contributed by atoms with Crippen molar-refractivity contribution in [2.45, 2.75) is 6.54 Å². The zero-order valence-electron chi connectivity index (χ0n) is 8.95. The van der Waals surface area contributed by atoms with Gasteiger partial charge in [0, 0.05) is 18.3 Å². The van der Waals surface area contributed by atoms with Crippen LogP contribution in [0.2, 0.25) is 10.0 Å². The molecule has 0 heterocycles. The topological polar surface area (TPSA) is 32.3 Å². The lowest BCUT2D eigenvalue weighted by Gasteiger charge is -2.09. The normalized spacial score (nSPS) is 10.2. The summed E-state index contributed by atoms with van der Waals surface area (Å²) in [4.78, 5) is 0. The van der Waals surface area contributed by atoms with E-state index in [2.05, 4.69) is 5.32 Å². The van der Waals surface area contributed by atoms with E-state index in [0.29, 0.717) is 16.6 Å². The number of halogens is 2. The van der Waals surface area contributed by atoms with Gasteiger partial charge in [0.15, 0.2) is 0 Å². The quantitative estimate of drug-likeness (QED) is 0.869. The van der Waals surface area contributed by atoms with E-state index in [1.165, 1.54) is 0 Å². The molecule has 0 aliphatic carbocycles. The van der Waals surface area contributed by atoms with E-state index in [4.69, 9.17) is 23.2 Å². The Morgan fingerprint density at radius 2 is 1.82 bits per heavy atom. The molecule has 2 rings (SSSR count). The van der Waals surface area contributed by atoms with E-state index in [0.717, 1.165) is 11.3 Å². The Balaban J connectivity index is 2.10. The molecule has 0 aliphatic heterocycles.